The summed E-state index contributed by atoms with van der Waals surface area (Å²) in [5, 5.41) is 3.10. The average molecular weight is 360 g/mol. The van der Waals surface area contributed by atoms with Crippen LogP contribution in [-0.2, 0) is 0 Å². The molecule has 5 rings (SSSR count). The van der Waals surface area contributed by atoms with Crippen LogP contribution >= 0.6 is 0 Å². The van der Waals surface area contributed by atoms with Crippen LogP contribution in [0.15, 0.2) is 47.4 Å². The lowest BCUT2D eigenvalue weighted by Gasteiger charge is -2.12. The summed E-state index contributed by atoms with van der Waals surface area (Å²) in [5.41, 5.74) is 2.19. The van der Waals surface area contributed by atoms with E-state index in [-0.39, 0.29) is 5.56 Å². The van der Waals surface area contributed by atoms with Gasteiger partial charge in [-0.3, -0.25) is 14.2 Å². The molecule has 0 N–H and O–H groups in total. The van der Waals surface area contributed by atoms with Gasteiger partial charge < -0.3 is 14.2 Å². The number of nitrogens with zero attached hydrogens (tertiary/aromatic N) is 2. The van der Waals surface area contributed by atoms with Gasteiger partial charge in [-0.25, -0.2) is 0 Å². The summed E-state index contributed by atoms with van der Waals surface area (Å²) in [6.07, 6.45) is 1.76. The fourth-order valence-electron chi connectivity index (χ4n) is 3.93. The van der Waals surface area contributed by atoms with Crippen molar-refractivity contribution in [1.29, 1.82) is 0 Å². The van der Waals surface area contributed by atoms with Gasteiger partial charge >= 0.3 is 0 Å². The largest absolute Gasteiger partial charge is 0.497 e. The van der Waals surface area contributed by atoms with Crippen LogP contribution in [0.2, 0.25) is 0 Å². The third-order valence-electron chi connectivity index (χ3n) is 5.10. The van der Waals surface area contributed by atoms with Crippen LogP contribution in [0.5, 0.6) is 17.2 Å². The molecule has 0 unspecified atom stereocenters. The van der Waals surface area contributed by atoms with Crippen molar-refractivity contribution >= 4 is 38.1 Å². The molecule has 0 spiro atoms. The van der Waals surface area contributed by atoms with E-state index in [4.69, 9.17) is 14.2 Å². The summed E-state index contributed by atoms with van der Waals surface area (Å²) in [6, 6.07) is 11.3. The highest BCUT2D eigenvalue weighted by molar-refractivity contribution is 6.19. The molecular weight excluding hydrogens is 344 g/mol. The van der Waals surface area contributed by atoms with Gasteiger partial charge in [0.25, 0.3) is 5.56 Å². The minimum atomic E-state index is -0.161. The fourth-order valence-corrected chi connectivity index (χ4v) is 3.93. The Morgan fingerprint density at radius 2 is 1.74 bits per heavy atom. The van der Waals surface area contributed by atoms with Crippen molar-refractivity contribution in [2.45, 2.75) is 0 Å². The normalized spacial score (nSPS) is 11.7. The minimum absolute atomic E-state index is 0.161. The second-order valence-corrected chi connectivity index (χ2v) is 6.30. The number of aromatic nitrogens is 2. The molecule has 134 valence electrons. The van der Waals surface area contributed by atoms with Crippen molar-refractivity contribution in [2.24, 2.45) is 0 Å². The van der Waals surface area contributed by atoms with Gasteiger partial charge in [0.15, 0.2) is 11.5 Å². The Morgan fingerprint density at radius 1 is 0.889 bits per heavy atom. The number of benzene rings is 2. The fraction of sp³-hybridized carbons (Fsp3) is 0.143. The van der Waals surface area contributed by atoms with E-state index < -0.39 is 0 Å². The molecule has 6 nitrogen and oxygen atoms in total. The Morgan fingerprint density at radius 3 is 2.48 bits per heavy atom. The van der Waals surface area contributed by atoms with Crippen LogP contribution in [0.3, 0.4) is 0 Å². The summed E-state index contributed by atoms with van der Waals surface area (Å²) in [4.78, 5) is 18.1. The lowest BCUT2D eigenvalue weighted by atomic mass is 10.1. The molecule has 0 aliphatic carbocycles. The highest BCUT2D eigenvalue weighted by Crippen LogP contribution is 2.39. The van der Waals surface area contributed by atoms with Gasteiger partial charge in [-0.15, -0.1) is 0 Å². The van der Waals surface area contributed by atoms with Gasteiger partial charge in [-0.05, 0) is 36.4 Å². The quantitative estimate of drug-likeness (QED) is 0.460. The van der Waals surface area contributed by atoms with Crippen molar-refractivity contribution in [3.63, 3.8) is 0 Å². The van der Waals surface area contributed by atoms with Crippen LogP contribution in [0, 0.1) is 0 Å². The molecule has 0 aliphatic rings. The number of hydrogen-bond donors (Lipinski definition) is 0. The number of ether oxygens (including phenoxy) is 3. The summed E-state index contributed by atoms with van der Waals surface area (Å²) < 4.78 is 18.0. The standard InChI is InChI=1S/C21H16N2O4/c1-25-11-4-6-15-14(10-11)12-8-9-22-18-13-5-7-16(26-2)20(27-3)17(13)21(24)23(15)19(12)18/h4-10H,1-3H3. The maximum atomic E-state index is 13.5. The summed E-state index contributed by atoms with van der Waals surface area (Å²) in [6.45, 7) is 0. The number of fused-ring (bicyclic) bond motifs is 5. The van der Waals surface area contributed by atoms with E-state index in [0.717, 1.165) is 38.5 Å². The van der Waals surface area contributed by atoms with Crippen LogP contribution in [-0.4, -0.2) is 30.7 Å². The van der Waals surface area contributed by atoms with Crippen LogP contribution in [0.4, 0.5) is 0 Å². The Labute approximate surface area is 153 Å². The van der Waals surface area contributed by atoms with Crippen molar-refractivity contribution < 1.29 is 14.2 Å². The van der Waals surface area contributed by atoms with Crippen molar-refractivity contribution in [3.05, 3.63) is 52.9 Å². The summed E-state index contributed by atoms with van der Waals surface area (Å²) >= 11 is 0. The maximum absolute atomic E-state index is 13.5. The summed E-state index contributed by atoms with van der Waals surface area (Å²) in [7, 11) is 4.72. The van der Waals surface area contributed by atoms with E-state index in [0.29, 0.717) is 16.9 Å². The van der Waals surface area contributed by atoms with Gasteiger partial charge in [0.2, 0.25) is 0 Å². The third-order valence-corrected chi connectivity index (χ3v) is 5.10. The first-order valence-corrected chi connectivity index (χ1v) is 8.46. The first-order chi connectivity index (χ1) is 13.2. The van der Waals surface area contributed by atoms with Gasteiger partial charge in [0, 0.05) is 22.4 Å². The Kier molecular flexibility index (Phi) is 3.18. The van der Waals surface area contributed by atoms with E-state index in [1.807, 2.05) is 30.3 Å². The zero-order valence-electron chi connectivity index (χ0n) is 15.1. The molecule has 0 atom stereocenters. The highest BCUT2D eigenvalue weighted by atomic mass is 16.5. The monoisotopic (exact) mass is 360 g/mol. The van der Waals surface area contributed by atoms with Gasteiger partial charge in [0.1, 0.15) is 5.75 Å². The van der Waals surface area contributed by atoms with Crippen molar-refractivity contribution in [1.82, 2.24) is 9.38 Å². The molecule has 2 aromatic carbocycles. The Hall–Kier alpha value is -3.54. The molecule has 3 aromatic heterocycles. The van der Waals surface area contributed by atoms with Crippen molar-refractivity contribution in [3.8, 4) is 17.2 Å². The predicted molar refractivity (Wildman–Crippen MR) is 105 cm³/mol. The minimum Gasteiger partial charge on any atom is -0.497 e. The van der Waals surface area contributed by atoms with Crippen molar-refractivity contribution in [2.75, 3.05) is 21.3 Å². The van der Waals surface area contributed by atoms with E-state index in [9.17, 15) is 4.79 Å². The Balaban J connectivity index is 2.14. The predicted octanol–water partition coefficient (Wildman–Crippen LogP) is 3.62. The van der Waals surface area contributed by atoms with E-state index >= 15 is 0 Å². The molecular formula is C21H16N2O4. The van der Waals surface area contributed by atoms with E-state index in [2.05, 4.69) is 4.98 Å². The molecule has 0 amide bonds. The number of rotatable bonds is 3. The molecule has 0 saturated carbocycles. The zero-order valence-corrected chi connectivity index (χ0v) is 15.1. The highest BCUT2D eigenvalue weighted by Gasteiger charge is 2.22. The molecule has 3 heterocycles. The first kappa shape index (κ1) is 15.7. The molecule has 0 bridgehead atoms. The molecule has 0 fully saturated rings. The van der Waals surface area contributed by atoms with Crippen LogP contribution < -0.4 is 19.8 Å². The summed E-state index contributed by atoms with van der Waals surface area (Å²) in [5.74, 6) is 1.67. The second kappa shape index (κ2) is 5.48. The third kappa shape index (κ3) is 1.89. The molecule has 5 aromatic rings. The number of hydrogen-bond acceptors (Lipinski definition) is 5. The SMILES string of the molecule is COc1ccc2c(c1)c1ccnc3c4ccc(OC)c(OC)c4c(=O)n2c13. The van der Waals surface area contributed by atoms with Gasteiger partial charge in [-0.1, -0.05) is 0 Å². The van der Waals surface area contributed by atoms with Crippen LogP contribution in [0.25, 0.3) is 38.1 Å². The first-order valence-electron chi connectivity index (χ1n) is 8.46. The number of pyridine rings is 2. The topological polar surface area (TPSA) is 62.1 Å². The molecule has 6 heteroatoms. The number of methoxy groups -OCH3 is 3. The van der Waals surface area contributed by atoms with Crippen LogP contribution in [0.1, 0.15) is 0 Å². The van der Waals surface area contributed by atoms with E-state index in [1.54, 1.807) is 30.9 Å². The lowest BCUT2D eigenvalue weighted by Crippen LogP contribution is -2.14. The molecule has 0 radical (unpaired) electrons. The van der Waals surface area contributed by atoms with Gasteiger partial charge in [-0.2, -0.15) is 0 Å². The Bertz CT molecular complexity index is 1400. The maximum Gasteiger partial charge on any atom is 0.267 e. The zero-order chi connectivity index (χ0) is 18.7. The molecule has 0 saturated heterocycles. The smallest absolute Gasteiger partial charge is 0.267 e. The average Bonchev–Trinajstić information content (AvgIpc) is 3.05. The van der Waals surface area contributed by atoms with Gasteiger partial charge in [0.05, 0.1) is 43.3 Å². The molecule has 0 aliphatic heterocycles. The lowest BCUT2D eigenvalue weighted by molar-refractivity contribution is 0.358. The second-order valence-electron chi connectivity index (χ2n) is 6.30. The van der Waals surface area contributed by atoms with E-state index in [1.165, 1.54) is 7.11 Å². The molecule has 27 heavy (non-hydrogen) atoms.